The summed E-state index contributed by atoms with van der Waals surface area (Å²) in [6.07, 6.45) is 3.09. The van der Waals surface area contributed by atoms with E-state index in [1.54, 1.807) is 20.4 Å². The Balaban J connectivity index is 2.23. The molecule has 1 atom stereocenters. The summed E-state index contributed by atoms with van der Waals surface area (Å²) in [6.45, 7) is 3.93. The van der Waals surface area contributed by atoms with Crippen LogP contribution in [0.3, 0.4) is 0 Å². The molecule has 3 aromatic rings. The summed E-state index contributed by atoms with van der Waals surface area (Å²) < 4.78 is 11.4. The minimum atomic E-state index is -1.26. The van der Waals surface area contributed by atoms with Crippen LogP contribution < -0.4 is 9.47 Å². The van der Waals surface area contributed by atoms with Crippen LogP contribution in [0.4, 0.5) is 0 Å². The van der Waals surface area contributed by atoms with Crippen molar-refractivity contribution in [2.24, 2.45) is 5.92 Å². The summed E-state index contributed by atoms with van der Waals surface area (Å²) in [6, 6.07) is 9.68. The Kier molecular flexibility index (Phi) is 5.16. The molecule has 0 saturated heterocycles. The third-order valence-corrected chi connectivity index (χ3v) is 5.23. The average molecular weight is 417 g/mol. The fourth-order valence-electron chi connectivity index (χ4n) is 3.15. The second kappa shape index (κ2) is 7.21. The average Bonchev–Trinajstić information content (AvgIpc) is 2.65. The topological polar surface area (TPSA) is 64.5 Å². The van der Waals surface area contributed by atoms with Gasteiger partial charge in [-0.2, -0.15) is 0 Å². The number of aliphatic hydroxyl groups is 1. The summed E-state index contributed by atoms with van der Waals surface area (Å²) in [5, 5.41) is 13.6. The first kappa shape index (κ1) is 18.6. The number of fused-ring (bicyclic) bond motifs is 1. The third kappa shape index (κ3) is 3.04. The van der Waals surface area contributed by atoms with Gasteiger partial charge >= 0.3 is 0 Å². The Labute approximate surface area is 161 Å². The van der Waals surface area contributed by atoms with Crippen LogP contribution in [0, 0.1) is 5.92 Å². The van der Waals surface area contributed by atoms with Crippen LogP contribution in [0.25, 0.3) is 10.8 Å². The third-order valence-electron chi connectivity index (χ3n) is 4.65. The Morgan fingerprint density at radius 2 is 1.69 bits per heavy atom. The van der Waals surface area contributed by atoms with E-state index in [0.29, 0.717) is 21.7 Å². The number of aromatic nitrogens is 2. The predicted molar refractivity (Wildman–Crippen MR) is 105 cm³/mol. The fourth-order valence-corrected chi connectivity index (χ4v) is 3.67. The normalized spacial score (nSPS) is 13.7. The number of hydrogen-bond acceptors (Lipinski definition) is 5. The number of methoxy groups -OCH3 is 2. The summed E-state index contributed by atoms with van der Waals surface area (Å²) in [5.74, 6) is 1.21. The van der Waals surface area contributed by atoms with E-state index >= 15 is 0 Å². The lowest BCUT2D eigenvalue weighted by molar-refractivity contribution is 0.0267. The highest BCUT2D eigenvalue weighted by molar-refractivity contribution is 9.10. The molecular formula is C20H21BrN2O3. The van der Waals surface area contributed by atoms with Crippen LogP contribution in [0.1, 0.15) is 25.1 Å². The van der Waals surface area contributed by atoms with Gasteiger partial charge in [-0.05, 0) is 56.4 Å². The van der Waals surface area contributed by atoms with Crippen LogP contribution in [-0.2, 0) is 5.60 Å². The minimum Gasteiger partial charge on any atom is -0.493 e. The van der Waals surface area contributed by atoms with E-state index in [0.717, 1.165) is 16.3 Å². The summed E-state index contributed by atoms with van der Waals surface area (Å²) >= 11 is 3.47. The van der Waals surface area contributed by atoms with E-state index in [4.69, 9.17) is 9.47 Å². The van der Waals surface area contributed by atoms with Crippen molar-refractivity contribution < 1.29 is 14.6 Å². The lowest BCUT2D eigenvalue weighted by Crippen LogP contribution is -2.35. The first-order chi connectivity index (χ1) is 12.4. The van der Waals surface area contributed by atoms with E-state index in [-0.39, 0.29) is 5.92 Å². The molecule has 0 saturated carbocycles. The number of benzene rings is 2. The monoisotopic (exact) mass is 416 g/mol. The number of nitrogens with zero attached hydrogens (tertiary/aromatic N) is 2. The summed E-state index contributed by atoms with van der Waals surface area (Å²) in [5.41, 5.74) is 0.0392. The second-order valence-corrected chi connectivity index (χ2v) is 7.26. The standard InChI is InChI=1S/C20H21BrN2O3/c1-12(2)20(24,19-16(21)10-22-11-23-19)15-6-5-13-8-17(25-3)18(26-4)9-14(13)7-15/h5-12,24H,1-4H3. The molecule has 1 heterocycles. The molecule has 0 amide bonds. The number of rotatable bonds is 5. The predicted octanol–water partition coefficient (Wildman–Crippen LogP) is 4.30. The van der Waals surface area contributed by atoms with Gasteiger partial charge in [-0.1, -0.05) is 26.0 Å². The van der Waals surface area contributed by atoms with Gasteiger partial charge in [0, 0.05) is 6.20 Å². The first-order valence-corrected chi connectivity index (χ1v) is 9.05. The number of ether oxygens (including phenoxy) is 2. The largest absolute Gasteiger partial charge is 0.493 e. The first-order valence-electron chi connectivity index (χ1n) is 8.26. The molecule has 1 unspecified atom stereocenters. The van der Waals surface area contributed by atoms with E-state index in [1.165, 1.54) is 6.33 Å². The highest BCUT2D eigenvalue weighted by Gasteiger charge is 2.38. The molecular weight excluding hydrogens is 396 g/mol. The second-order valence-electron chi connectivity index (χ2n) is 6.41. The zero-order valence-corrected chi connectivity index (χ0v) is 16.7. The highest BCUT2D eigenvalue weighted by atomic mass is 79.9. The molecule has 0 radical (unpaired) electrons. The molecule has 1 aromatic heterocycles. The van der Waals surface area contributed by atoms with Crippen molar-refractivity contribution in [1.29, 1.82) is 0 Å². The van der Waals surface area contributed by atoms with Gasteiger partial charge in [0.15, 0.2) is 11.5 Å². The molecule has 6 heteroatoms. The molecule has 26 heavy (non-hydrogen) atoms. The molecule has 0 aliphatic rings. The van der Waals surface area contributed by atoms with E-state index in [2.05, 4.69) is 25.9 Å². The van der Waals surface area contributed by atoms with Gasteiger partial charge < -0.3 is 14.6 Å². The quantitative estimate of drug-likeness (QED) is 0.671. The van der Waals surface area contributed by atoms with Crippen LogP contribution in [-0.4, -0.2) is 29.3 Å². The van der Waals surface area contributed by atoms with Crippen LogP contribution >= 0.6 is 15.9 Å². The number of halogens is 1. The number of hydrogen-bond donors (Lipinski definition) is 1. The van der Waals surface area contributed by atoms with Crippen molar-refractivity contribution in [2.75, 3.05) is 14.2 Å². The molecule has 3 rings (SSSR count). The van der Waals surface area contributed by atoms with Crippen LogP contribution in [0.5, 0.6) is 11.5 Å². The van der Waals surface area contributed by atoms with Crippen molar-refractivity contribution in [2.45, 2.75) is 19.4 Å². The van der Waals surface area contributed by atoms with Gasteiger partial charge in [0.2, 0.25) is 0 Å². The Hall–Kier alpha value is -2.18. The SMILES string of the molecule is COc1cc2ccc(C(O)(c3ncncc3Br)C(C)C)cc2cc1OC. The fraction of sp³-hybridized carbons (Fsp3) is 0.300. The van der Waals surface area contributed by atoms with E-state index in [9.17, 15) is 5.11 Å². The highest BCUT2D eigenvalue weighted by Crippen LogP contribution is 2.41. The Morgan fingerprint density at radius 1 is 1.04 bits per heavy atom. The lowest BCUT2D eigenvalue weighted by atomic mass is 9.80. The molecule has 0 fully saturated rings. The van der Waals surface area contributed by atoms with Gasteiger partial charge in [-0.15, -0.1) is 0 Å². The molecule has 5 nitrogen and oxygen atoms in total. The van der Waals surface area contributed by atoms with Crippen LogP contribution in [0.15, 0.2) is 47.3 Å². The Bertz CT molecular complexity index is 945. The maximum absolute atomic E-state index is 11.6. The molecule has 1 N–H and O–H groups in total. The molecule has 0 aliphatic heterocycles. The van der Waals surface area contributed by atoms with Crippen LogP contribution in [0.2, 0.25) is 0 Å². The van der Waals surface area contributed by atoms with Gasteiger partial charge in [-0.3, -0.25) is 0 Å². The zero-order chi connectivity index (χ0) is 18.9. The van der Waals surface area contributed by atoms with Gasteiger partial charge in [0.1, 0.15) is 11.9 Å². The zero-order valence-electron chi connectivity index (χ0n) is 15.2. The van der Waals surface area contributed by atoms with E-state index < -0.39 is 5.60 Å². The van der Waals surface area contributed by atoms with Crippen molar-refractivity contribution in [3.05, 3.63) is 58.6 Å². The minimum absolute atomic E-state index is 0.105. The van der Waals surface area contributed by atoms with Gasteiger partial charge in [0.25, 0.3) is 0 Å². The Morgan fingerprint density at radius 3 is 2.27 bits per heavy atom. The van der Waals surface area contributed by atoms with Crippen molar-refractivity contribution in [3.63, 3.8) is 0 Å². The molecule has 136 valence electrons. The lowest BCUT2D eigenvalue weighted by Gasteiger charge is -2.33. The smallest absolute Gasteiger partial charge is 0.161 e. The maximum atomic E-state index is 11.6. The molecule has 2 aromatic carbocycles. The summed E-state index contributed by atoms with van der Waals surface area (Å²) in [4.78, 5) is 8.34. The van der Waals surface area contributed by atoms with Gasteiger partial charge in [0.05, 0.1) is 24.4 Å². The van der Waals surface area contributed by atoms with Gasteiger partial charge in [-0.25, -0.2) is 9.97 Å². The molecule has 0 aliphatic carbocycles. The van der Waals surface area contributed by atoms with Crippen molar-refractivity contribution >= 4 is 26.7 Å². The summed E-state index contributed by atoms with van der Waals surface area (Å²) in [7, 11) is 3.22. The van der Waals surface area contributed by atoms with E-state index in [1.807, 2.05) is 44.2 Å². The maximum Gasteiger partial charge on any atom is 0.161 e. The molecule has 0 bridgehead atoms. The van der Waals surface area contributed by atoms with Crippen molar-refractivity contribution in [1.82, 2.24) is 9.97 Å². The van der Waals surface area contributed by atoms with Crippen molar-refractivity contribution in [3.8, 4) is 11.5 Å². The molecule has 0 spiro atoms.